The molecule has 1 amide bonds. The molecule has 0 radical (unpaired) electrons. The van der Waals surface area contributed by atoms with Gasteiger partial charge < -0.3 is 19.3 Å². The number of benzene rings is 2. The number of aromatic hydroxyl groups is 1. The summed E-state index contributed by atoms with van der Waals surface area (Å²) >= 11 is 7.13. The van der Waals surface area contributed by atoms with Gasteiger partial charge in [-0.1, -0.05) is 22.9 Å². The predicted octanol–water partition coefficient (Wildman–Crippen LogP) is 5.17. The van der Waals surface area contributed by atoms with Crippen molar-refractivity contribution in [3.8, 4) is 5.75 Å². The smallest absolute Gasteiger partial charge is 0.416 e. The molecule has 0 atom stereocenters. The summed E-state index contributed by atoms with van der Waals surface area (Å²) in [4.78, 5) is 19.3. The van der Waals surface area contributed by atoms with E-state index in [2.05, 4.69) is 10.3 Å². The lowest BCUT2D eigenvalue weighted by Gasteiger charge is -2.22. The summed E-state index contributed by atoms with van der Waals surface area (Å²) in [6, 6.07) is 4.83. The van der Waals surface area contributed by atoms with Crippen LogP contribution in [-0.4, -0.2) is 68.5 Å². The van der Waals surface area contributed by atoms with E-state index in [0.29, 0.717) is 31.9 Å². The monoisotopic (exact) mass is 561 g/mol. The molecular weight excluding hydrogens is 535 g/mol. The molecule has 0 aliphatic carbocycles. The van der Waals surface area contributed by atoms with Crippen LogP contribution in [0.2, 0.25) is 5.02 Å². The SMILES string of the molecule is COCCN(CCOC)Cc1cc(Cl)cc(C(=O)Nc2nc3c(COC)cc(C(F)(F)F)cc3s2)c1O. The minimum Gasteiger partial charge on any atom is -0.507 e. The Bertz CT molecular complexity index is 1230. The number of nitrogens with one attached hydrogen (secondary N) is 1. The number of carbonyl (C=O) groups excluding carboxylic acids is 1. The number of fused-ring (bicyclic) bond motifs is 1. The highest BCUT2D eigenvalue weighted by Gasteiger charge is 2.32. The van der Waals surface area contributed by atoms with E-state index in [4.69, 9.17) is 25.8 Å². The van der Waals surface area contributed by atoms with Crippen molar-refractivity contribution in [2.45, 2.75) is 19.3 Å². The first-order valence-electron chi connectivity index (χ1n) is 11.1. The molecule has 0 aliphatic rings. The topological polar surface area (TPSA) is 93.2 Å². The van der Waals surface area contributed by atoms with Crippen molar-refractivity contribution in [3.63, 3.8) is 0 Å². The molecule has 0 fully saturated rings. The molecule has 1 heterocycles. The summed E-state index contributed by atoms with van der Waals surface area (Å²) in [7, 11) is 4.53. The van der Waals surface area contributed by atoms with Gasteiger partial charge in [-0.15, -0.1) is 0 Å². The van der Waals surface area contributed by atoms with Crippen molar-refractivity contribution < 1.29 is 37.3 Å². The number of thiazole rings is 1. The number of nitrogens with zero attached hydrogens (tertiary/aromatic N) is 2. The third-order valence-electron chi connectivity index (χ3n) is 5.44. The first-order valence-corrected chi connectivity index (χ1v) is 12.3. The van der Waals surface area contributed by atoms with Gasteiger partial charge in [0.25, 0.3) is 5.91 Å². The Labute approximate surface area is 220 Å². The Morgan fingerprint density at radius 3 is 2.35 bits per heavy atom. The largest absolute Gasteiger partial charge is 0.507 e. The van der Waals surface area contributed by atoms with Gasteiger partial charge in [0.05, 0.1) is 41.2 Å². The zero-order chi connectivity index (χ0) is 27.2. The zero-order valence-corrected chi connectivity index (χ0v) is 22.0. The molecule has 1 aromatic heterocycles. The number of phenols is 1. The van der Waals surface area contributed by atoms with Crippen LogP contribution in [0.5, 0.6) is 5.75 Å². The molecule has 2 N–H and O–H groups in total. The Hall–Kier alpha value is -2.48. The van der Waals surface area contributed by atoms with Crippen molar-refractivity contribution in [2.24, 2.45) is 0 Å². The summed E-state index contributed by atoms with van der Waals surface area (Å²) in [6.07, 6.45) is -4.55. The maximum absolute atomic E-state index is 13.3. The number of phenolic OH excluding ortho intramolecular Hbond substituents is 1. The van der Waals surface area contributed by atoms with Crippen molar-refractivity contribution in [3.05, 3.63) is 51.5 Å². The maximum Gasteiger partial charge on any atom is 0.416 e. The molecule has 0 saturated heterocycles. The number of aromatic nitrogens is 1. The standard InChI is InChI=1S/C24H27ClF3N3O5S/c1-34-6-4-31(5-7-35-2)12-14-9-17(25)11-18(21(14)32)22(33)30-23-29-20-15(13-36-3)8-16(24(26,27)28)10-19(20)37-23/h8-11,32H,4-7,12-13H2,1-3H3,(H,29,30,33). The van der Waals surface area contributed by atoms with Crippen LogP contribution >= 0.6 is 22.9 Å². The van der Waals surface area contributed by atoms with Gasteiger partial charge in [0.2, 0.25) is 0 Å². The Morgan fingerprint density at radius 2 is 1.76 bits per heavy atom. The molecule has 13 heteroatoms. The minimum atomic E-state index is -4.55. The third-order valence-corrected chi connectivity index (χ3v) is 6.57. The second-order valence-corrected chi connectivity index (χ2v) is 9.58. The average Bonchev–Trinajstić information content (AvgIpc) is 3.25. The van der Waals surface area contributed by atoms with Gasteiger partial charge in [-0.2, -0.15) is 13.2 Å². The Kier molecular flexibility index (Phi) is 10.1. The predicted molar refractivity (Wildman–Crippen MR) is 135 cm³/mol. The number of methoxy groups -OCH3 is 3. The van der Waals surface area contributed by atoms with Gasteiger partial charge in [-0.3, -0.25) is 15.0 Å². The molecule has 37 heavy (non-hydrogen) atoms. The second-order valence-electron chi connectivity index (χ2n) is 8.11. The van der Waals surface area contributed by atoms with E-state index < -0.39 is 17.6 Å². The van der Waals surface area contributed by atoms with Gasteiger partial charge in [-0.25, -0.2) is 4.98 Å². The lowest BCUT2D eigenvalue weighted by atomic mass is 10.1. The fraction of sp³-hybridized carbons (Fsp3) is 0.417. The van der Waals surface area contributed by atoms with E-state index in [1.807, 2.05) is 4.90 Å². The first kappa shape index (κ1) is 29.1. The van der Waals surface area contributed by atoms with Crippen LogP contribution in [0.3, 0.4) is 0 Å². The zero-order valence-electron chi connectivity index (χ0n) is 20.4. The van der Waals surface area contributed by atoms with Gasteiger partial charge in [0.15, 0.2) is 5.13 Å². The summed E-state index contributed by atoms with van der Waals surface area (Å²) in [5, 5.41) is 13.7. The van der Waals surface area contributed by atoms with Gasteiger partial charge in [0.1, 0.15) is 5.75 Å². The highest BCUT2D eigenvalue weighted by Crippen LogP contribution is 2.37. The van der Waals surface area contributed by atoms with E-state index in [1.165, 1.54) is 13.2 Å². The lowest BCUT2D eigenvalue weighted by Crippen LogP contribution is -2.30. The van der Waals surface area contributed by atoms with Crippen molar-refractivity contribution >= 4 is 44.2 Å². The number of amides is 1. The second kappa shape index (κ2) is 12.9. The summed E-state index contributed by atoms with van der Waals surface area (Å²) < 4.78 is 55.6. The minimum absolute atomic E-state index is 0.0689. The fourth-order valence-corrected chi connectivity index (χ4v) is 4.84. The molecular formula is C24H27ClF3N3O5S. The summed E-state index contributed by atoms with van der Waals surface area (Å²) in [5.41, 5.74) is 0.0269. The molecule has 2 aromatic carbocycles. The number of halogens is 4. The quantitative estimate of drug-likeness (QED) is 0.315. The number of alkyl halides is 3. The number of rotatable bonds is 12. The number of hydrogen-bond donors (Lipinski definition) is 2. The average molecular weight is 562 g/mol. The van der Waals surface area contributed by atoms with Crippen molar-refractivity contribution in [1.29, 1.82) is 0 Å². The van der Waals surface area contributed by atoms with Crippen LogP contribution in [-0.2, 0) is 33.5 Å². The molecule has 0 spiro atoms. The molecule has 0 unspecified atom stereocenters. The van der Waals surface area contributed by atoms with E-state index >= 15 is 0 Å². The van der Waals surface area contributed by atoms with Gasteiger partial charge in [-0.05, 0) is 24.3 Å². The number of anilines is 1. The van der Waals surface area contributed by atoms with Gasteiger partial charge >= 0.3 is 6.18 Å². The first-order chi connectivity index (χ1) is 17.6. The van der Waals surface area contributed by atoms with E-state index in [-0.39, 0.29) is 50.4 Å². The van der Waals surface area contributed by atoms with Crippen molar-refractivity contribution in [1.82, 2.24) is 9.88 Å². The van der Waals surface area contributed by atoms with Crippen LogP contribution in [0.25, 0.3) is 10.2 Å². The molecule has 0 aliphatic heterocycles. The van der Waals surface area contributed by atoms with Crippen LogP contribution < -0.4 is 5.32 Å². The summed E-state index contributed by atoms with van der Waals surface area (Å²) in [6.45, 7) is 2.22. The third kappa shape index (κ3) is 7.53. The number of hydrogen-bond acceptors (Lipinski definition) is 8. The number of ether oxygens (including phenoxy) is 3. The molecule has 202 valence electrons. The van der Waals surface area contributed by atoms with Crippen LogP contribution in [0, 0.1) is 0 Å². The Morgan fingerprint density at radius 1 is 1.08 bits per heavy atom. The van der Waals surface area contributed by atoms with Gasteiger partial charge in [0, 0.05) is 57.1 Å². The molecule has 8 nitrogen and oxygen atoms in total. The summed E-state index contributed by atoms with van der Waals surface area (Å²) in [5.74, 6) is -0.966. The Balaban J connectivity index is 1.89. The maximum atomic E-state index is 13.3. The van der Waals surface area contributed by atoms with Crippen molar-refractivity contribution in [2.75, 3.05) is 52.9 Å². The molecule has 0 bridgehead atoms. The molecule has 0 saturated carbocycles. The fourth-order valence-electron chi connectivity index (χ4n) is 3.65. The normalized spacial score (nSPS) is 12.0. The highest BCUT2D eigenvalue weighted by atomic mass is 35.5. The highest BCUT2D eigenvalue weighted by molar-refractivity contribution is 7.22. The number of carbonyl (C=O) groups is 1. The van der Waals surface area contributed by atoms with E-state index in [1.54, 1.807) is 20.3 Å². The van der Waals surface area contributed by atoms with Crippen LogP contribution in [0.4, 0.5) is 18.3 Å². The molecule has 3 rings (SSSR count). The van der Waals surface area contributed by atoms with Crippen LogP contribution in [0.1, 0.15) is 27.0 Å². The lowest BCUT2D eigenvalue weighted by molar-refractivity contribution is -0.137. The van der Waals surface area contributed by atoms with E-state index in [9.17, 15) is 23.1 Å². The van der Waals surface area contributed by atoms with E-state index in [0.717, 1.165) is 23.5 Å². The van der Waals surface area contributed by atoms with Crippen LogP contribution in [0.15, 0.2) is 24.3 Å². The molecule has 3 aromatic rings.